The molecule has 7 heteroatoms. The molecule has 1 aliphatic rings. The standard InChI is InChI=1S/C20H24N2O5/c1-13(14-4-6-18-19(11-14)27-9-8-26-18)22-20(23)21-12-15-10-16(24-2)5-7-17(15)25-3/h4-7,10-11,13H,8-9,12H2,1-3H3,(H2,21,22,23). The number of urea groups is 1. The number of hydrogen-bond acceptors (Lipinski definition) is 5. The zero-order valence-corrected chi connectivity index (χ0v) is 15.7. The quantitative estimate of drug-likeness (QED) is 0.815. The van der Waals surface area contributed by atoms with Crippen LogP contribution in [0, 0.1) is 0 Å². The molecule has 0 saturated heterocycles. The Kier molecular flexibility index (Phi) is 5.90. The van der Waals surface area contributed by atoms with E-state index < -0.39 is 0 Å². The predicted octanol–water partition coefficient (Wildman–Crippen LogP) is 3.04. The van der Waals surface area contributed by atoms with Gasteiger partial charge in [0.15, 0.2) is 11.5 Å². The van der Waals surface area contributed by atoms with Crippen LogP contribution in [-0.4, -0.2) is 33.5 Å². The summed E-state index contributed by atoms with van der Waals surface area (Å²) in [6.07, 6.45) is 0. The summed E-state index contributed by atoms with van der Waals surface area (Å²) in [5.74, 6) is 2.83. The Labute approximate surface area is 158 Å². The minimum absolute atomic E-state index is 0.187. The van der Waals surface area contributed by atoms with Crippen LogP contribution in [0.25, 0.3) is 0 Å². The molecule has 1 heterocycles. The molecule has 27 heavy (non-hydrogen) atoms. The summed E-state index contributed by atoms with van der Waals surface area (Å²) >= 11 is 0. The molecular formula is C20H24N2O5. The molecule has 1 unspecified atom stereocenters. The van der Waals surface area contributed by atoms with Gasteiger partial charge in [0, 0.05) is 12.1 Å². The number of amides is 2. The average molecular weight is 372 g/mol. The molecule has 1 aliphatic heterocycles. The molecule has 0 saturated carbocycles. The molecule has 0 fully saturated rings. The first-order valence-electron chi connectivity index (χ1n) is 8.75. The number of carbonyl (C=O) groups is 1. The van der Waals surface area contributed by atoms with Gasteiger partial charge in [0.2, 0.25) is 0 Å². The normalized spacial score (nSPS) is 13.4. The second-order valence-electron chi connectivity index (χ2n) is 6.13. The molecule has 2 aromatic rings. The lowest BCUT2D eigenvalue weighted by Gasteiger charge is -2.21. The van der Waals surface area contributed by atoms with E-state index >= 15 is 0 Å². The lowest BCUT2D eigenvalue weighted by Crippen LogP contribution is -2.36. The summed E-state index contributed by atoms with van der Waals surface area (Å²) in [4.78, 5) is 12.3. The van der Waals surface area contributed by atoms with Gasteiger partial charge in [-0.2, -0.15) is 0 Å². The SMILES string of the molecule is COc1ccc(OC)c(CNC(=O)NC(C)c2ccc3c(c2)OCCO3)c1. The Hall–Kier alpha value is -3.09. The van der Waals surface area contributed by atoms with E-state index in [0.717, 1.165) is 16.9 Å². The Bertz CT molecular complexity index is 809. The van der Waals surface area contributed by atoms with Gasteiger partial charge in [-0.05, 0) is 42.8 Å². The summed E-state index contributed by atoms with van der Waals surface area (Å²) in [5, 5.41) is 5.77. The fourth-order valence-electron chi connectivity index (χ4n) is 2.86. The number of carbonyl (C=O) groups excluding carboxylic acids is 1. The van der Waals surface area contributed by atoms with Crippen LogP contribution in [0.3, 0.4) is 0 Å². The van der Waals surface area contributed by atoms with Crippen molar-refractivity contribution in [2.24, 2.45) is 0 Å². The Morgan fingerprint density at radius 2 is 1.85 bits per heavy atom. The van der Waals surface area contributed by atoms with Gasteiger partial charge in [0.1, 0.15) is 24.7 Å². The number of nitrogens with one attached hydrogen (secondary N) is 2. The first kappa shape index (κ1) is 18.7. The Balaban J connectivity index is 1.59. The minimum atomic E-state index is -0.276. The van der Waals surface area contributed by atoms with Gasteiger partial charge < -0.3 is 29.6 Å². The van der Waals surface area contributed by atoms with Gasteiger partial charge in [0.25, 0.3) is 0 Å². The van der Waals surface area contributed by atoms with Gasteiger partial charge in [-0.1, -0.05) is 6.07 Å². The fourth-order valence-corrected chi connectivity index (χ4v) is 2.86. The van der Waals surface area contributed by atoms with E-state index in [1.165, 1.54) is 0 Å². The highest BCUT2D eigenvalue weighted by Gasteiger charge is 2.16. The second kappa shape index (κ2) is 8.53. The first-order valence-corrected chi connectivity index (χ1v) is 8.75. The van der Waals surface area contributed by atoms with Crippen LogP contribution in [0.1, 0.15) is 24.1 Å². The van der Waals surface area contributed by atoms with E-state index in [-0.39, 0.29) is 12.1 Å². The summed E-state index contributed by atoms with van der Waals surface area (Å²) in [6.45, 7) is 3.31. The number of hydrogen-bond donors (Lipinski definition) is 2. The van der Waals surface area contributed by atoms with Crippen molar-refractivity contribution in [1.82, 2.24) is 10.6 Å². The van der Waals surface area contributed by atoms with Gasteiger partial charge >= 0.3 is 6.03 Å². The maximum atomic E-state index is 12.3. The fraction of sp³-hybridized carbons (Fsp3) is 0.350. The molecule has 2 aromatic carbocycles. The third kappa shape index (κ3) is 4.55. The van der Waals surface area contributed by atoms with Gasteiger partial charge in [-0.15, -0.1) is 0 Å². The third-order valence-electron chi connectivity index (χ3n) is 4.34. The molecule has 0 aliphatic carbocycles. The number of methoxy groups -OCH3 is 2. The summed E-state index contributed by atoms with van der Waals surface area (Å²) in [7, 11) is 3.19. The van der Waals surface area contributed by atoms with Crippen LogP contribution in [0.5, 0.6) is 23.0 Å². The maximum Gasteiger partial charge on any atom is 0.315 e. The van der Waals surface area contributed by atoms with Crippen molar-refractivity contribution in [3.63, 3.8) is 0 Å². The zero-order valence-electron chi connectivity index (χ0n) is 15.7. The summed E-state index contributed by atoms with van der Waals surface area (Å²) < 4.78 is 21.7. The third-order valence-corrected chi connectivity index (χ3v) is 4.34. The van der Waals surface area contributed by atoms with E-state index in [2.05, 4.69) is 10.6 Å². The van der Waals surface area contributed by atoms with Crippen molar-refractivity contribution in [1.29, 1.82) is 0 Å². The lowest BCUT2D eigenvalue weighted by atomic mass is 10.1. The number of ether oxygens (including phenoxy) is 4. The number of rotatable bonds is 6. The molecule has 7 nitrogen and oxygen atoms in total. The van der Waals surface area contributed by atoms with Crippen molar-refractivity contribution in [3.8, 4) is 23.0 Å². The molecule has 0 bridgehead atoms. The van der Waals surface area contributed by atoms with Crippen molar-refractivity contribution in [2.45, 2.75) is 19.5 Å². The Morgan fingerprint density at radius 3 is 2.59 bits per heavy atom. The predicted molar refractivity (Wildman–Crippen MR) is 101 cm³/mol. The van der Waals surface area contributed by atoms with E-state index in [1.54, 1.807) is 14.2 Å². The largest absolute Gasteiger partial charge is 0.497 e. The van der Waals surface area contributed by atoms with Crippen LogP contribution in [0.15, 0.2) is 36.4 Å². The van der Waals surface area contributed by atoms with Crippen LogP contribution in [0.2, 0.25) is 0 Å². The van der Waals surface area contributed by atoms with Crippen molar-refractivity contribution >= 4 is 6.03 Å². The van der Waals surface area contributed by atoms with E-state index in [1.807, 2.05) is 43.3 Å². The van der Waals surface area contributed by atoms with Crippen LogP contribution in [-0.2, 0) is 6.54 Å². The smallest absolute Gasteiger partial charge is 0.315 e. The van der Waals surface area contributed by atoms with Crippen LogP contribution in [0.4, 0.5) is 4.79 Å². The van der Waals surface area contributed by atoms with Gasteiger partial charge in [-0.3, -0.25) is 0 Å². The number of benzene rings is 2. The highest BCUT2D eigenvalue weighted by molar-refractivity contribution is 5.74. The highest BCUT2D eigenvalue weighted by atomic mass is 16.6. The summed E-state index contributed by atoms with van der Waals surface area (Å²) in [5.41, 5.74) is 1.77. The number of fused-ring (bicyclic) bond motifs is 1. The molecule has 0 spiro atoms. The van der Waals surface area contributed by atoms with Crippen molar-refractivity contribution in [2.75, 3.05) is 27.4 Å². The van der Waals surface area contributed by atoms with Crippen molar-refractivity contribution in [3.05, 3.63) is 47.5 Å². The molecule has 144 valence electrons. The van der Waals surface area contributed by atoms with Gasteiger partial charge in [0.05, 0.1) is 20.3 Å². The highest BCUT2D eigenvalue weighted by Crippen LogP contribution is 2.32. The molecular weight excluding hydrogens is 348 g/mol. The molecule has 0 aromatic heterocycles. The minimum Gasteiger partial charge on any atom is -0.497 e. The topological polar surface area (TPSA) is 78.1 Å². The molecule has 2 amide bonds. The Morgan fingerprint density at radius 1 is 1.07 bits per heavy atom. The molecule has 0 radical (unpaired) electrons. The van der Waals surface area contributed by atoms with Gasteiger partial charge in [-0.25, -0.2) is 4.79 Å². The maximum absolute atomic E-state index is 12.3. The molecule has 2 N–H and O–H groups in total. The van der Waals surface area contributed by atoms with Crippen molar-refractivity contribution < 1.29 is 23.7 Å². The van der Waals surface area contributed by atoms with E-state index in [9.17, 15) is 4.79 Å². The monoisotopic (exact) mass is 372 g/mol. The van der Waals surface area contributed by atoms with Crippen LogP contribution < -0.4 is 29.6 Å². The lowest BCUT2D eigenvalue weighted by molar-refractivity contribution is 0.171. The zero-order chi connectivity index (χ0) is 19.2. The summed E-state index contributed by atoms with van der Waals surface area (Å²) in [6, 6.07) is 10.7. The second-order valence-corrected chi connectivity index (χ2v) is 6.13. The molecule has 1 atom stereocenters. The molecule has 3 rings (SSSR count). The van der Waals surface area contributed by atoms with Crippen LogP contribution >= 0.6 is 0 Å². The van der Waals surface area contributed by atoms with E-state index in [4.69, 9.17) is 18.9 Å². The van der Waals surface area contributed by atoms with E-state index in [0.29, 0.717) is 37.0 Å². The first-order chi connectivity index (χ1) is 13.1. The average Bonchev–Trinajstić information content (AvgIpc) is 2.71.